The molecule has 3 rings (SSSR count). The zero-order chi connectivity index (χ0) is 17.6. The first kappa shape index (κ1) is 17.1. The fourth-order valence-electron chi connectivity index (χ4n) is 2.76. The van der Waals surface area contributed by atoms with Crippen LogP contribution in [0.5, 0.6) is 11.8 Å². The number of aromatic nitrogens is 2. The monoisotopic (exact) mass is 345 g/mol. The Morgan fingerprint density at radius 3 is 2.72 bits per heavy atom. The van der Waals surface area contributed by atoms with Crippen LogP contribution in [0.1, 0.15) is 19.8 Å². The molecule has 1 fully saturated rings. The minimum Gasteiger partial charge on any atom is -0.481 e. The maximum atomic E-state index is 12.9. The van der Waals surface area contributed by atoms with Gasteiger partial charge in [-0.3, -0.25) is 4.79 Å². The summed E-state index contributed by atoms with van der Waals surface area (Å²) in [6, 6.07) is 9.37. The van der Waals surface area contributed by atoms with Crippen LogP contribution >= 0.6 is 0 Å². The maximum absolute atomic E-state index is 12.9. The number of amides is 1. The molecule has 1 aromatic heterocycles. The van der Waals surface area contributed by atoms with E-state index in [2.05, 4.69) is 9.97 Å². The molecule has 1 aliphatic rings. The number of ether oxygens (including phenoxy) is 2. The molecule has 7 heteroatoms. The van der Waals surface area contributed by atoms with Gasteiger partial charge < -0.3 is 14.4 Å². The zero-order valence-electron chi connectivity index (χ0n) is 14.0. The second-order valence-electron chi connectivity index (χ2n) is 5.92. The molecule has 0 aliphatic carbocycles. The highest BCUT2D eigenvalue weighted by Crippen LogP contribution is 2.18. The van der Waals surface area contributed by atoms with E-state index >= 15 is 0 Å². The number of hydrogen-bond donors (Lipinski definition) is 0. The first-order valence-electron chi connectivity index (χ1n) is 8.26. The molecule has 2 aromatic rings. The molecule has 1 aliphatic heterocycles. The van der Waals surface area contributed by atoms with Crippen LogP contribution in [-0.2, 0) is 4.79 Å². The number of para-hydroxylation sites is 1. The third kappa shape index (κ3) is 4.65. The van der Waals surface area contributed by atoms with Crippen molar-refractivity contribution in [1.29, 1.82) is 0 Å². The Hall–Kier alpha value is -2.70. The molecule has 0 saturated carbocycles. The molecule has 2 unspecified atom stereocenters. The van der Waals surface area contributed by atoms with E-state index in [0.717, 1.165) is 25.2 Å². The molecule has 1 amide bonds. The van der Waals surface area contributed by atoms with Crippen LogP contribution in [0, 0.1) is 5.82 Å². The summed E-state index contributed by atoms with van der Waals surface area (Å²) in [5, 5.41) is 0. The van der Waals surface area contributed by atoms with E-state index in [1.807, 2.05) is 30.3 Å². The number of halogens is 1. The molecule has 1 saturated heterocycles. The normalized spacial score (nSPS) is 18.5. The third-order valence-corrected chi connectivity index (χ3v) is 3.96. The fraction of sp³-hybridized carbons (Fsp3) is 0.389. The van der Waals surface area contributed by atoms with E-state index in [-0.39, 0.29) is 18.0 Å². The SMILES string of the molecule is CC(Oc1ccccc1)C(=O)N1CCCC(Oc2ncc(F)cn2)C1. The summed E-state index contributed by atoms with van der Waals surface area (Å²) in [5.74, 6) is 0.0599. The minimum atomic E-state index is -0.580. The number of benzene rings is 1. The van der Waals surface area contributed by atoms with Crippen molar-refractivity contribution in [3.8, 4) is 11.8 Å². The van der Waals surface area contributed by atoms with Crippen LogP contribution in [0.15, 0.2) is 42.7 Å². The highest BCUT2D eigenvalue weighted by Gasteiger charge is 2.29. The summed E-state index contributed by atoms with van der Waals surface area (Å²) in [6.07, 6.45) is 2.93. The number of likely N-dealkylation sites (tertiary alicyclic amines) is 1. The van der Waals surface area contributed by atoms with Gasteiger partial charge >= 0.3 is 6.01 Å². The van der Waals surface area contributed by atoms with E-state index in [9.17, 15) is 9.18 Å². The first-order chi connectivity index (χ1) is 12.1. The topological polar surface area (TPSA) is 64.5 Å². The smallest absolute Gasteiger partial charge is 0.316 e. The van der Waals surface area contributed by atoms with E-state index in [0.29, 0.717) is 18.8 Å². The van der Waals surface area contributed by atoms with Gasteiger partial charge in [0.1, 0.15) is 11.9 Å². The maximum Gasteiger partial charge on any atom is 0.316 e. The molecule has 2 heterocycles. The Kier molecular flexibility index (Phi) is 5.42. The number of hydrogen-bond acceptors (Lipinski definition) is 5. The molecule has 0 bridgehead atoms. The van der Waals surface area contributed by atoms with Crippen molar-refractivity contribution in [3.05, 3.63) is 48.5 Å². The zero-order valence-corrected chi connectivity index (χ0v) is 14.0. The molecule has 0 N–H and O–H groups in total. The van der Waals surface area contributed by atoms with Gasteiger partial charge in [0.15, 0.2) is 11.9 Å². The summed E-state index contributed by atoms with van der Waals surface area (Å²) >= 11 is 0. The second kappa shape index (κ2) is 7.92. The molecular formula is C18H20FN3O3. The van der Waals surface area contributed by atoms with Crippen molar-refractivity contribution in [2.45, 2.75) is 32.0 Å². The minimum absolute atomic E-state index is 0.0859. The third-order valence-electron chi connectivity index (χ3n) is 3.96. The molecule has 2 atom stereocenters. The van der Waals surface area contributed by atoms with Crippen LogP contribution in [0.25, 0.3) is 0 Å². The Morgan fingerprint density at radius 1 is 1.28 bits per heavy atom. The lowest BCUT2D eigenvalue weighted by atomic mass is 10.1. The largest absolute Gasteiger partial charge is 0.481 e. The fourth-order valence-corrected chi connectivity index (χ4v) is 2.76. The molecule has 0 radical (unpaired) electrons. The second-order valence-corrected chi connectivity index (χ2v) is 5.92. The van der Waals surface area contributed by atoms with Gasteiger partial charge in [-0.1, -0.05) is 18.2 Å². The molecule has 25 heavy (non-hydrogen) atoms. The Bertz CT molecular complexity index is 696. The number of carbonyl (C=O) groups excluding carboxylic acids is 1. The van der Waals surface area contributed by atoms with Crippen molar-refractivity contribution in [2.24, 2.45) is 0 Å². The number of nitrogens with zero attached hydrogens (tertiary/aromatic N) is 3. The lowest BCUT2D eigenvalue weighted by Gasteiger charge is -2.33. The summed E-state index contributed by atoms with van der Waals surface area (Å²) in [6.45, 7) is 2.83. The number of rotatable bonds is 5. The van der Waals surface area contributed by atoms with Crippen LogP contribution in [0.2, 0.25) is 0 Å². The van der Waals surface area contributed by atoms with Gasteiger partial charge in [-0.05, 0) is 31.9 Å². The lowest BCUT2D eigenvalue weighted by molar-refractivity contribution is -0.140. The van der Waals surface area contributed by atoms with E-state index in [4.69, 9.17) is 9.47 Å². The average molecular weight is 345 g/mol. The molecular weight excluding hydrogens is 325 g/mol. The van der Waals surface area contributed by atoms with Crippen molar-refractivity contribution in [3.63, 3.8) is 0 Å². The highest BCUT2D eigenvalue weighted by atomic mass is 19.1. The van der Waals surface area contributed by atoms with Crippen molar-refractivity contribution in [1.82, 2.24) is 14.9 Å². The van der Waals surface area contributed by atoms with E-state index in [1.165, 1.54) is 0 Å². The standard InChI is InChI=1S/C18H20FN3O3/c1-13(24-15-6-3-2-4-7-15)17(23)22-9-5-8-16(12-22)25-18-20-10-14(19)11-21-18/h2-4,6-7,10-11,13,16H,5,8-9,12H2,1H3. The van der Waals surface area contributed by atoms with Crippen molar-refractivity contribution >= 4 is 5.91 Å². The molecule has 1 aromatic carbocycles. The Morgan fingerprint density at radius 2 is 2.00 bits per heavy atom. The predicted octanol–water partition coefficient (Wildman–Crippen LogP) is 2.45. The first-order valence-corrected chi connectivity index (χ1v) is 8.26. The summed E-state index contributed by atoms with van der Waals surface area (Å²) in [4.78, 5) is 21.9. The molecule has 6 nitrogen and oxygen atoms in total. The van der Waals surface area contributed by atoms with Crippen molar-refractivity contribution < 1.29 is 18.7 Å². The van der Waals surface area contributed by atoms with E-state index in [1.54, 1.807) is 11.8 Å². The van der Waals surface area contributed by atoms with Crippen LogP contribution in [0.4, 0.5) is 4.39 Å². The van der Waals surface area contributed by atoms with Crippen LogP contribution < -0.4 is 9.47 Å². The van der Waals surface area contributed by atoms with Gasteiger partial charge in [0.25, 0.3) is 5.91 Å². The number of piperidine rings is 1. The van der Waals surface area contributed by atoms with Crippen LogP contribution in [-0.4, -0.2) is 46.1 Å². The van der Waals surface area contributed by atoms with Gasteiger partial charge in [-0.25, -0.2) is 14.4 Å². The molecule has 0 spiro atoms. The van der Waals surface area contributed by atoms with Gasteiger partial charge in [-0.15, -0.1) is 0 Å². The predicted molar refractivity (Wildman–Crippen MR) is 88.8 cm³/mol. The summed E-state index contributed by atoms with van der Waals surface area (Å²) < 4.78 is 24.2. The lowest BCUT2D eigenvalue weighted by Crippen LogP contribution is -2.48. The molecule has 132 valence electrons. The van der Waals surface area contributed by atoms with Gasteiger partial charge in [0.05, 0.1) is 18.9 Å². The van der Waals surface area contributed by atoms with Crippen LogP contribution in [0.3, 0.4) is 0 Å². The quantitative estimate of drug-likeness (QED) is 0.833. The summed E-state index contributed by atoms with van der Waals surface area (Å²) in [7, 11) is 0. The number of carbonyl (C=O) groups is 1. The van der Waals surface area contributed by atoms with Gasteiger partial charge in [-0.2, -0.15) is 0 Å². The van der Waals surface area contributed by atoms with Gasteiger partial charge in [0.2, 0.25) is 0 Å². The Balaban J connectivity index is 1.56. The van der Waals surface area contributed by atoms with Crippen molar-refractivity contribution in [2.75, 3.05) is 13.1 Å². The Labute approximate surface area is 145 Å². The van der Waals surface area contributed by atoms with E-state index < -0.39 is 11.9 Å². The average Bonchev–Trinajstić information content (AvgIpc) is 2.64. The highest BCUT2D eigenvalue weighted by molar-refractivity contribution is 5.81. The van der Waals surface area contributed by atoms with Gasteiger partial charge in [0, 0.05) is 6.54 Å². The summed E-state index contributed by atoms with van der Waals surface area (Å²) in [5.41, 5.74) is 0.